The number of carbonyl (C=O) groups is 3. The highest BCUT2D eigenvalue weighted by Crippen LogP contribution is 2.45. The Morgan fingerprint density at radius 2 is 0.596 bits per heavy atom. The lowest BCUT2D eigenvalue weighted by atomic mass is 10.1. The molecule has 0 spiro atoms. The van der Waals surface area contributed by atoms with Crippen LogP contribution < -0.4 is 0 Å². The van der Waals surface area contributed by atoms with Gasteiger partial charge >= 0.3 is 33.6 Å². The van der Waals surface area contributed by atoms with Gasteiger partial charge in [-0.1, -0.05) is 226 Å². The maximum atomic E-state index is 12.9. The van der Waals surface area contributed by atoms with E-state index in [2.05, 4.69) is 130 Å². The number of ether oxygens (including phenoxy) is 3. The van der Waals surface area contributed by atoms with Crippen LogP contribution in [0.15, 0.2) is 109 Å². The summed E-state index contributed by atoms with van der Waals surface area (Å²) in [5.74, 6) is -1.63. The van der Waals surface area contributed by atoms with Crippen LogP contribution in [0.25, 0.3) is 0 Å². The summed E-state index contributed by atoms with van der Waals surface area (Å²) in [4.78, 5) is 58.4. The first-order chi connectivity index (χ1) is 43.2. The second-order valence-corrected chi connectivity index (χ2v) is 25.5. The zero-order chi connectivity index (χ0) is 65.3. The molecule has 0 aliphatic carbocycles. The molecule has 0 fully saturated rings. The summed E-state index contributed by atoms with van der Waals surface area (Å²) in [6.45, 7) is 2.46. The van der Waals surface area contributed by atoms with E-state index in [1.165, 1.54) is 64.2 Å². The Hall–Kier alpha value is -3.79. The van der Waals surface area contributed by atoms with E-state index < -0.39 is 91.5 Å². The van der Waals surface area contributed by atoms with Crippen molar-refractivity contribution < 1.29 is 75.8 Å². The first kappa shape index (κ1) is 85.2. The average Bonchev–Trinajstić information content (AvgIpc) is 3.73. The predicted octanol–water partition coefficient (Wildman–Crippen LogP) is 18.9. The summed E-state index contributed by atoms with van der Waals surface area (Å²) < 4.78 is 60.8. The van der Waals surface area contributed by atoms with Crippen molar-refractivity contribution in [2.45, 2.75) is 283 Å². The zero-order valence-electron chi connectivity index (χ0n) is 55.3. The first-order valence-corrected chi connectivity index (χ1v) is 37.2. The Bertz CT molecular complexity index is 2060. The van der Waals surface area contributed by atoms with Crippen LogP contribution >= 0.6 is 15.6 Å². The fourth-order valence-electron chi connectivity index (χ4n) is 8.71. The molecule has 0 heterocycles. The van der Waals surface area contributed by atoms with Gasteiger partial charge in [0.15, 0.2) is 6.10 Å². The van der Waals surface area contributed by atoms with Gasteiger partial charge in [0, 0.05) is 19.3 Å². The molecule has 16 nitrogen and oxygen atoms in total. The Kier molecular flexibility index (Phi) is 61.6. The van der Waals surface area contributed by atoms with Crippen molar-refractivity contribution in [3.05, 3.63) is 109 Å². The molecular formula is C71H122O16P2. The number of phosphoric ester groups is 2. The molecule has 5 unspecified atom stereocenters. The van der Waals surface area contributed by atoms with Gasteiger partial charge in [0.05, 0.1) is 26.4 Å². The van der Waals surface area contributed by atoms with Crippen molar-refractivity contribution in [3.63, 3.8) is 0 Å². The Morgan fingerprint density at radius 1 is 0.326 bits per heavy atom. The second kappa shape index (κ2) is 64.3. The van der Waals surface area contributed by atoms with Gasteiger partial charge in [-0.2, -0.15) is 0 Å². The number of rotatable bonds is 64. The number of carbonyl (C=O) groups excluding carboxylic acids is 3. The molecule has 5 atom stereocenters. The normalized spacial score (nSPS) is 14.9. The summed E-state index contributed by atoms with van der Waals surface area (Å²) in [6, 6.07) is 0. The van der Waals surface area contributed by atoms with E-state index in [1.54, 1.807) is 0 Å². The molecule has 512 valence electrons. The third kappa shape index (κ3) is 65.5. The van der Waals surface area contributed by atoms with Gasteiger partial charge in [-0.3, -0.25) is 32.5 Å². The van der Waals surface area contributed by atoms with Crippen LogP contribution in [-0.2, 0) is 55.8 Å². The monoisotopic (exact) mass is 1290 g/mol. The molecule has 0 radical (unpaired) electrons. The fourth-order valence-corrected chi connectivity index (χ4v) is 10.3. The highest BCUT2D eigenvalue weighted by molar-refractivity contribution is 7.47. The molecule has 0 bridgehead atoms. The standard InChI is InChI=1S/C71H122O16P2/c1-4-7-10-13-16-19-22-25-28-30-31-32-33-35-38-39-42-45-48-51-54-57-69(74)81-60-66(72)61-83-88(77,78)84-62-67(73)63-85-89(79,80)86-65-68(87-71(76)59-56-53-50-47-44-41-36-27-24-21-18-15-12-9-6-3)64-82-70(75)58-55-52-49-46-43-40-37-34-29-26-23-20-17-14-11-8-5-2/h8,11,16-17,19-20,25-29,31-32,35-38,40,66-68,72-73H,4-7,9-10,12-15,18,21-24,30,33-34,39,41-65H2,1-3H3,(H,77,78)(H,79,80)/b11-8-,19-16-,20-17-,28-25-,29-26-,32-31-,36-27-,38-35-,40-37-. The molecule has 0 saturated heterocycles. The largest absolute Gasteiger partial charge is 0.472 e. The highest BCUT2D eigenvalue weighted by Gasteiger charge is 2.29. The molecule has 0 saturated carbocycles. The Morgan fingerprint density at radius 3 is 0.978 bits per heavy atom. The zero-order valence-corrected chi connectivity index (χ0v) is 57.1. The summed E-state index contributed by atoms with van der Waals surface area (Å²) in [5.41, 5.74) is 0. The molecule has 0 aromatic heterocycles. The van der Waals surface area contributed by atoms with Crippen LogP contribution in [0.1, 0.15) is 265 Å². The number of esters is 3. The van der Waals surface area contributed by atoms with Gasteiger partial charge in [0.2, 0.25) is 0 Å². The van der Waals surface area contributed by atoms with E-state index in [-0.39, 0.29) is 19.3 Å². The van der Waals surface area contributed by atoms with Gasteiger partial charge in [-0.15, -0.1) is 0 Å². The quantitative estimate of drug-likeness (QED) is 0.0146. The average molecular weight is 1290 g/mol. The molecule has 0 aliphatic rings. The van der Waals surface area contributed by atoms with E-state index in [4.69, 9.17) is 32.3 Å². The molecular weight excluding hydrogens is 1170 g/mol. The lowest BCUT2D eigenvalue weighted by Crippen LogP contribution is -2.30. The molecule has 0 rings (SSSR count). The van der Waals surface area contributed by atoms with Gasteiger partial charge in [0.25, 0.3) is 0 Å². The number of aliphatic hydroxyl groups is 2. The number of hydrogen-bond donors (Lipinski definition) is 4. The SMILES string of the molecule is CC/C=C\C/C=C\C/C=C\C/C=C\CCCCCCC(=O)OCC(COP(=O)(O)OCC(O)COP(=O)(O)OCC(O)COC(=O)CCCCCCC/C=C\C/C=C\C/C=C\C/C=C\CCCCC)OC(=O)CCCCCCC/C=C\CCCCCCCC. The van der Waals surface area contributed by atoms with Crippen molar-refractivity contribution in [1.82, 2.24) is 0 Å². The van der Waals surface area contributed by atoms with E-state index in [0.29, 0.717) is 19.3 Å². The van der Waals surface area contributed by atoms with Gasteiger partial charge in [-0.25, -0.2) is 9.13 Å². The lowest BCUT2D eigenvalue weighted by Gasteiger charge is -2.21. The number of aliphatic hydroxyl groups excluding tert-OH is 2. The Balaban J connectivity index is 4.70. The minimum Gasteiger partial charge on any atom is -0.463 e. The number of unbranched alkanes of at least 4 members (excludes halogenated alkanes) is 23. The summed E-state index contributed by atoms with van der Waals surface area (Å²) >= 11 is 0. The molecule has 0 amide bonds. The van der Waals surface area contributed by atoms with Crippen LogP contribution in [0.3, 0.4) is 0 Å². The van der Waals surface area contributed by atoms with Crippen LogP contribution in [0.5, 0.6) is 0 Å². The molecule has 89 heavy (non-hydrogen) atoms. The van der Waals surface area contributed by atoms with E-state index >= 15 is 0 Å². The van der Waals surface area contributed by atoms with Crippen molar-refractivity contribution in [3.8, 4) is 0 Å². The molecule has 4 N–H and O–H groups in total. The summed E-state index contributed by atoms with van der Waals surface area (Å²) in [5, 5.41) is 20.5. The van der Waals surface area contributed by atoms with Crippen LogP contribution in [0.4, 0.5) is 0 Å². The van der Waals surface area contributed by atoms with Crippen molar-refractivity contribution >= 4 is 33.6 Å². The maximum absolute atomic E-state index is 12.9. The molecule has 0 aliphatic heterocycles. The van der Waals surface area contributed by atoms with Gasteiger partial charge < -0.3 is 34.2 Å². The van der Waals surface area contributed by atoms with E-state index in [0.717, 1.165) is 141 Å². The lowest BCUT2D eigenvalue weighted by molar-refractivity contribution is -0.161. The van der Waals surface area contributed by atoms with Crippen LogP contribution in [-0.4, -0.2) is 95.9 Å². The third-order valence-corrected chi connectivity index (χ3v) is 15.9. The first-order valence-electron chi connectivity index (χ1n) is 34.2. The molecule has 0 aromatic rings. The number of allylic oxidation sites excluding steroid dienone is 18. The van der Waals surface area contributed by atoms with Crippen LogP contribution in [0.2, 0.25) is 0 Å². The fraction of sp³-hybridized carbons (Fsp3) is 0.704. The minimum absolute atomic E-state index is 0.0868. The van der Waals surface area contributed by atoms with Crippen molar-refractivity contribution in [2.24, 2.45) is 0 Å². The predicted molar refractivity (Wildman–Crippen MR) is 362 cm³/mol. The molecule has 0 aromatic carbocycles. The van der Waals surface area contributed by atoms with E-state index in [1.807, 2.05) is 0 Å². The van der Waals surface area contributed by atoms with E-state index in [9.17, 15) is 43.5 Å². The second-order valence-electron chi connectivity index (χ2n) is 22.6. The van der Waals surface area contributed by atoms with Crippen molar-refractivity contribution in [2.75, 3.05) is 39.6 Å². The minimum atomic E-state index is -4.93. The topological polar surface area (TPSA) is 231 Å². The number of phosphoric acid groups is 2. The van der Waals surface area contributed by atoms with Crippen molar-refractivity contribution in [1.29, 1.82) is 0 Å². The Labute approximate surface area is 539 Å². The van der Waals surface area contributed by atoms with Gasteiger partial charge in [-0.05, 0) is 128 Å². The summed E-state index contributed by atoms with van der Waals surface area (Å²) in [7, 11) is -9.79. The van der Waals surface area contributed by atoms with Crippen LogP contribution in [0, 0.1) is 0 Å². The molecule has 18 heteroatoms. The highest BCUT2D eigenvalue weighted by atomic mass is 31.2. The van der Waals surface area contributed by atoms with Gasteiger partial charge in [0.1, 0.15) is 25.4 Å². The summed E-state index contributed by atoms with van der Waals surface area (Å²) in [6.07, 6.45) is 71.3. The third-order valence-electron chi connectivity index (χ3n) is 14.0. The smallest absolute Gasteiger partial charge is 0.463 e. The number of hydrogen-bond acceptors (Lipinski definition) is 14. The maximum Gasteiger partial charge on any atom is 0.472 e.